The summed E-state index contributed by atoms with van der Waals surface area (Å²) in [6, 6.07) is 4.75. The van der Waals surface area contributed by atoms with E-state index in [9.17, 15) is 4.39 Å². The van der Waals surface area contributed by atoms with E-state index in [0.29, 0.717) is 5.88 Å². The van der Waals surface area contributed by atoms with Gasteiger partial charge in [0.05, 0.1) is 11.0 Å². The van der Waals surface area contributed by atoms with Crippen LogP contribution in [0.5, 0.6) is 0 Å². The van der Waals surface area contributed by atoms with Gasteiger partial charge in [0.1, 0.15) is 11.6 Å². The Kier molecular flexibility index (Phi) is 4.00. The zero-order valence-electron chi connectivity index (χ0n) is 9.92. The van der Waals surface area contributed by atoms with Gasteiger partial charge in [0, 0.05) is 18.8 Å². The molecule has 0 saturated heterocycles. The molecule has 0 spiro atoms. The second kappa shape index (κ2) is 5.50. The molecule has 1 aromatic carbocycles. The smallest absolute Gasteiger partial charge is 0.125 e. The zero-order valence-corrected chi connectivity index (χ0v) is 10.7. The summed E-state index contributed by atoms with van der Waals surface area (Å²) in [4.78, 5) is 4.55. The first-order chi connectivity index (χ1) is 8.26. The van der Waals surface area contributed by atoms with Gasteiger partial charge in [0.25, 0.3) is 0 Å². The Morgan fingerprint density at radius 1 is 1.41 bits per heavy atom. The molecule has 0 unspecified atom stereocenters. The molecule has 0 bridgehead atoms. The van der Waals surface area contributed by atoms with Crippen molar-refractivity contribution in [3.8, 4) is 0 Å². The molecule has 0 fully saturated rings. The van der Waals surface area contributed by atoms with E-state index in [4.69, 9.17) is 11.6 Å². The SMILES string of the molecule is CCCn1c(CCCCl)nc2ccc(F)cc21. The first kappa shape index (κ1) is 12.4. The summed E-state index contributed by atoms with van der Waals surface area (Å²) in [5.74, 6) is 1.43. The number of aryl methyl sites for hydroxylation is 2. The lowest BCUT2D eigenvalue weighted by atomic mass is 10.3. The van der Waals surface area contributed by atoms with Gasteiger partial charge in [-0.05, 0) is 31.0 Å². The molecule has 1 heterocycles. The molecule has 0 N–H and O–H groups in total. The van der Waals surface area contributed by atoms with Crippen LogP contribution < -0.4 is 0 Å². The first-order valence-corrected chi connectivity index (χ1v) is 6.50. The van der Waals surface area contributed by atoms with Gasteiger partial charge >= 0.3 is 0 Å². The van der Waals surface area contributed by atoms with E-state index in [-0.39, 0.29) is 5.82 Å². The van der Waals surface area contributed by atoms with Gasteiger partial charge in [-0.2, -0.15) is 0 Å². The van der Waals surface area contributed by atoms with E-state index < -0.39 is 0 Å². The van der Waals surface area contributed by atoms with Crippen molar-refractivity contribution < 1.29 is 4.39 Å². The maximum Gasteiger partial charge on any atom is 0.125 e. The summed E-state index contributed by atoms with van der Waals surface area (Å²) in [5, 5.41) is 0. The minimum Gasteiger partial charge on any atom is -0.328 e. The number of hydrogen-bond acceptors (Lipinski definition) is 1. The maximum atomic E-state index is 13.3. The van der Waals surface area contributed by atoms with E-state index >= 15 is 0 Å². The standard InChI is InChI=1S/C13H16ClFN2/c1-2-8-17-12-9-10(15)5-6-11(12)16-13(17)4-3-7-14/h5-6,9H,2-4,7-8H2,1H3. The Hall–Kier alpha value is -1.09. The van der Waals surface area contributed by atoms with Crippen molar-refractivity contribution in [2.75, 3.05) is 5.88 Å². The van der Waals surface area contributed by atoms with Gasteiger partial charge < -0.3 is 4.57 Å². The van der Waals surface area contributed by atoms with Crippen LogP contribution in [0.15, 0.2) is 18.2 Å². The van der Waals surface area contributed by atoms with Crippen molar-refractivity contribution in [3.05, 3.63) is 29.8 Å². The van der Waals surface area contributed by atoms with Crippen LogP contribution in [-0.4, -0.2) is 15.4 Å². The predicted molar refractivity (Wildman–Crippen MR) is 69.0 cm³/mol. The average Bonchev–Trinajstić information content (AvgIpc) is 2.65. The van der Waals surface area contributed by atoms with Crippen molar-refractivity contribution >= 4 is 22.6 Å². The number of alkyl halides is 1. The molecule has 92 valence electrons. The lowest BCUT2D eigenvalue weighted by molar-refractivity contribution is 0.623. The molecule has 0 aliphatic carbocycles. The molecule has 0 atom stereocenters. The van der Waals surface area contributed by atoms with Crippen LogP contribution in [0.25, 0.3) is 11.0 Å². The number of rotatable bonds is 5. The van der Waals surface area contributed by atoms with Gasteiger partial charge in [-0.3, -0.25) is 0 Å². The van der Waals surface area contributed by atoms with Crippen molar-refractivity contribution in [1.29, 1.82) is 0 Å². The van der Waals surface area contributed by atoms with Crippen LogP contribution in [0.2, 0.25) is 0 Å². The second-order valence-corrected chi connectivity index (χ2v) is 4.48. The van der Waals surface area contributed by atoms with Gasteiger partial charge in [0.2, 0.25) is 0 Å². The largest absolute Gasteiger partial charge is 0.328 e. The predicted octanol–water partition coefficient (Wildman–Crippen LogP) is 3.76. The van der Waals surface area contributed by atoms with Gasteiger partial charge in [-0.25, -0.2) is 9.37 Å². The van der Waals surface area contributed by atoms with Crippen LogP contribution in [0.4, 0.5) is 4.39 Å². The minimum absolute atomic E-state index is 0.210. The Labute approximate surface area is 105 Å². The third kappa shape index (κ3) is 2.60. The number of imidazole rings is 1. The number of hydrogen-bond donors (Lipinski definition) is 0. The fourth-order valence-corrected chi connectivity index (χ4v) is 2.17. The maximum absolute atomic E-state index is 13.3. The van der Waals surface area contributed by atoms with Gasteiger partial charge in [-0.1, -0.05) is 6.92 Å². The third-order valence-electron chi connectivity index (χ3n) is 2.77. The lowest BCUT2D eigenvalue weighted by Crippen LogP contribution is -2.03. The molecule has 17 heavy (non-hydrogen) atoms. The van der Waals surface area contributed by atoms with Crippen molar-refractivity contribution in [2.45, 2.75) is 32.7 Å². The zero-order chi connectivity index (χ0) is 12.3. The highest BCUT2D eigenvalue weighted by Gasteiger charge is 2.10. The fourth-order valence-electron chi connectivity index (χ4n) is 2.03. The van der Waals surface area contributed by atoms with Crippen molar-refractivity contribution in [1.82, 2.24) is 9.55 Å². The van der Waals surface area contributed by atoms with Crippen molar-refractivity contribution in [3.63, 3.8) is 0 Å². The first-order valence-electron chi connectivity index (χ1n) is 5.97. The molecule has 0 radical (unpaired) electrons. The number of nitrogens with zero attached hydrogens (tertiary/aromatic N) is 2. The molecule has 0 amide bonds. The summed E-state index contributed by atoms with van der Waals surface area (Å²) >= 11 is 5.71. The third-order valence-corrected chi connectivity index (χ3v) is 3.04. The number of halogens is 2. The highest BCUT2D eigenvalue weighted by Crippen LogP contribution is 2.19. The molecule has 0 aliphatic rings. The highest BCUT2D eigenvalue weighted by molar-refractivity contribution is 6.17. The quantitative estimate of drug-likeness (QED) is 0.743. The highest BCUT2D eigenvalue weighted by atomic mass is 35.5. The van der Waals surface area contributed by atoms with E-state index in [1.807, 2.05) is 0 Å². The molecule has 2 aromatic rings. The van der Waals surface area contributed by atoms with Crippen LogP contribution in [-0.2, 0) is 13.0 Å². The lowest BCUT2D eigenvalue weighted by Gasteiger charge is -2.06. The van der Waals surface area contributed by atoms with Crippen LogP contribution in [0.3, 0.4) is 0 Å². The van der Waals surface area contributed by atoms with Crippen molar-refractivity contribution in [2.24, 2.45) is 0 Å². The number of benzene rings is 1. The Bertz CT molecular complexity index is 507. The van der Waals surface area contributed by atoms with Crippen LogP contribution >= 0.6 is 11.6 Å². The summed E-state index contributed by atoms with van der Waals surface area (Å²) in [6.45, 7) is 2.98. The minimum atomic E-state index is -0.210. The molecular formula is C13H16ClFN2. The molecule has 1 aromatic heterocycles. The molecular weight excluding hydrogens is 239 g/mol. The van der Waals surface area contributed by atoms with Gasteiger partial charge in [-0.15, -0.1) is 11.6 Å². The average molecular weight is 255 g/mol. The Morgan fingerprint density at radius 2 is 2.24 bits per heavy atom. The molecule has 0 saturated carbocycles. The summed E-state index contributed by atoms with van der Waals surface area (Å²) < 4.78 is 15.4. The number of fused-ring (bicyclic) bond motifs is 1. The van der Waals surface area contributed by atoms with Crippen LogP contribution in [0.1, 0.15) is 25.6 Å². The summed E-state index contributed by atoms with van der Waals surface area (Å²) in [6.07, 6.45) is 2.76. The fraction of sp³-hybridized carbons (Fsp3) is 0.462. The van der Waals surface area contributed by atoms with E-state index in [1.165, 1.54) is 6.07 Å². The van der Waals surface area contributed by atoms with E-state index in [0.717, 1.165) is 42.7 Å². The van der Waals surface area contributed by atoms with E-state index in [1.54, 1.807) is 12.1 Å². The molecule has 2 nitrogen and oxygen atoms in total. The normalized spacial score (nSPS) is 11.2. The topological polar surface area (TPSA) is 17.8 Å². The molecule has 4 heteroatoms. The summed E-state index contributed by atoms with van der Waals surface area (Å²) in [5.41, 5.74) is 1.75. The second-order valence-electron chi connectivity index (χ2n) is 4.11. The Morgan fingerprint density at radius 3 is 2.94 bits per heavy atom. The molecule has 0 aliphatic heterocycles. The van der Waals surface area contributed by atoms with Crippen LogP contribution in [0, 0.1) is 5.82 Å². The molecule has 2 rings (SSSR count). The Balaban J connectivity index is 2.46. The van der Waals surface area contributed by atoms with Gasteiger partial charge in [0.15, 0.2) is 0 Å². The monoisotopic (exact) mass is 254 g/mol. The summed E-state index contributed by atoms with van der Waals surface area (Å²) in [7, 11) is 0. The van der Waals surface area contributed by atoms with E-state index in [2.05, 4.69) is 16.5 Å². The number of aromatic nitrogens is 2.